The SMILES string of the molecule is CC(C)CC=CC(C)C1CCC2C3CC(O)C4(O)CC(O)CCC4(C)C3CCC12C. The number of hydrogen-bond acceptors (Lipinski definition) is 3. The zero-order valence-corrected chi connectivity index (χ0v) is 20.0. The Balaban J connectivity index is 1.57. The molecule has 3 heteroatoms. The highest BCUT2D eigenvalue weighted by Crippen LogP contribution is 2.69. The van der Waals surface area contributed by atoms with Crippen LogP contribution >= 0.6 is 0 Å². The Kier molecular flexibility index (Phi) is 5.99. The third-order valence-corrected chi connectivity index (χ3v) is 10.6. The molecule has 4 saturated carbocycles. The highest BCUT2D eigenvalue weighted by molar-refractivity contribution is 5.17. The van der Waals surface area contributed by atoms with Crippen molar-refractivity contribution < 1.29 is 15.3 Å². The van der Waals surface area contributed by atoms with E-state index < -0.39 is 17.8 Å². The number of hydrogen-bond donors (Lipinski definition) is 3. The molecule has 0 aromatic carbocycles. The Bertz CT molecular complexity index is 658. The van der Waals surface area contributed by atoms with Crippen LogP contribution in [-0.4, -0.2) is 33.1 Å². The van der Waals surface area contributed by atoms with Crippen LogP contribution in [0.4, 0.5) is 0 Å². The standard InChI is InChI=1S/C27H46O3/c1-17(2)7-6-8-18(3)21-9-10-22-20-15-24(29)27(30)16-19(28)11-14-26(27,5)23(20)12-13-25(21,22)4/h6,8,17-24,28-30H,7,9-16H2,1-5H3. The lowest BCUT2D eigenvalue weighted by atomic mass is 9.42. The summed E-state index contributed by atoms with van der Waals surface area (Å²) >= 11 is 0. The van der Waals surface area contributed by atoms with Crippen LogP contribution in [0, 0.1) is 46.3 Å². The predicted octanol–water partition coefficient (Wildman–Crippen LogP) is 5.33. The highest BCUT2D eigenvalue weighted by Gasteiger charge is 2.67. The summed E-state index contributed by atoms with van der Waals surface area (Å²) in [7, 11) is 0. The van der Waals surface area contributed by atoms with Gasteiger partial charge in [-0.1, -0.05) is 46.8 Å². The smallest absolute Gasteiger partial charge is 0.0985 e. The topological polar surface area (TPSA) is 60.7 Å². The normalized spacial score (nSPS) is 52.2. The van der Waals surface area contributed by atoms with E-state index in [1.54, 1.807) is 0 Å². The van der Waals surface area contributed by atoms with Gasteiger partial charge in [-0.05, 0) is 92.3 Å². The molecule has 4 rings (SSSR count). The second-order valence-electron chi connectivity index (χ2n) is 12.5. The first-order chi connectivity index (χ1) is 14.0. The van der Waals surface area contributed by atoms with Crippen molar-refractivity contribution in [3.8, 4) is 0 Å². The second kappa shape index (κ2) is 7.89. The van der Waals surface area contributed by atoms with Gasteiger partial charge in [-0.2, -0.15) is 0 Å². The van der Waals surface area contributed by atoms with Crippen molar-refractivity contribution in [1.29, 1.82) is 0 Å². The number of rotatable bonds is 4. The largest absolute Gasteiger partial charge is 0.393 e. The molecule has 10 atom stereocenters. The molecule has 4 fully saturated rings. The van der Waals surface area contributed by atoms with Gasteiger partial charge < -0.3 is 15.3 Å². The molecule has 3 nitrogen and oxygen atoms in total. The molecule has 0 radical (unpaired) electrons. The van der Waals surface area contributed by atoms with Crippen LogP contribution in [0.15, 0.2) is 12.2 Å². The summed E-state index contributed by atoms with van der Waals surface area (Å²) in [6.45, 7) is 11.7. The fourth-order valence-corrected chi connectivity index (χ4v) is 8.86. The van der Waals surface area contributed by atoms with Gasteiger partial charge in [-0.3, -0.25) is 0 Å². The minimum atomic E-state index is -1.12. The van der Waals surface area contributed by atoms with Gasteiger partial charge in [0.05, 0.1) is 17.8 Å². The fraction of sp³-hybridized carbons (Fsp3) is 0.926. The molecule has 0 bridgehead atoms. The van der Waals surface area contributed by atoms with E-state index in [1.807, 2.05) is 0 Å². The molecule has 30 heavy (non-hydrogen) atoms. The van der Waals surface area contributed by atoms with Crippen molar-refractivity contribution >= 4 is 0 Å². The van der Waals surface area contributed by atoms with E-state index in [4.69, 9.17) is 0 Å². The predicted molar refractivity (Wildman–Crippen MR) is 122 cm³/mol. The molecule has 10 unspecified atom stereocenters. The van der Waals surface area contributed by atoms with E-state index in [-0.39, 0.29) is 5.41 Å². The van der Waals surface area contributed by atoms with Gasteiger partial charge in [-0.15, -0.1) is 0 Å². The number of aliphatic hydroxyl groups is 3. The van der Waals surface area contributed by atoms with E-state index in [0.717, 1.165) is 31.6 Å². The third kappa shape index (κ3) is 3.33. The summed E-state index contributed by atoms with van der Waals surface area (Å²) < 4.78 is 0. The first-order valence-corrected chi connectivity index (χ1v) is 12.8. The van der Waals surface area contributed by atoms with Crippen molar-refractivity contribution in [2.24, 2.45) is 46.3 Å². The monoisotopic (exact) mass is 418 g/mol. The van der Waals surface area contributed by atoms with Crippen molar-refractivity contribution in [1.82, 2.24) is 0 Å². The molecule has 3 N–H and O–H groups in total. The van der Waals surface area contributed by atoms with Gasteiger partial charge in [0.2, 0.25) is 0 Å². The maximum absolute atomic E-state index is 11.6. The number of fused-ring (bicyclic) bond motifs is 5. The van der Waals surface area contributed by atoms with E-state index in [1.165, 1.54) is 19.3 Å². The molecule has 172 valence electrons. The van der Waals surface area contributed by atoms with Crippen LogP contribution in [0.1, 0.15) is 92.4 Å². The van der Waals surface area contributed by atoms with Crippen LogP contribution in [0.2, 0.25) is 0 Å². The minimum absolute atomic E-state index is 0.267. The zero-order valence-electron chi connectivity index (χ0n) is 20.0. The number of aliphatic hydroxyl groups excluding tert-OH is 2. The lowest BCUT2D eigenvalue weighted by molar-refractivity contribution is -0.264. The van der Waals surface area contributed by atoms with E-state index in [9.17, 15) is 15.3 Å². The molecule has 4 aliphatic rings. The van der Waals surface area contributed by atoms with Crippen LogP contribution < -0.4 is 0 Å². The quantitative estimate of drug-likeness (QED) is 0.541. The maximum Gasteiger partial charge on any atom is 0.0985 e. The molecule has 0 aromatic rings. The van der Waals surface area contributed by atoms with E-state index in [2.05, 4.69) is 46.8 Å². The molecular weight excluding hydrogens is 372 g/mol. The van der Waals surface area contributed by atoms with Crippen LogP contribution in [0.5, 0.6) is 0 Å². The van der Waals surface area contributed by atoms with Gasteiger partial charge in [-0.25, -0.2) is 0 Å². The van der Waals surface area contributed by atoms with Crippen LogP contribution in [0.3, 0.4) is 0 Å². The lowest BCUT2D eigenvalue weighted by Gasteiger charge is -2.65. The first kappa shape index (κ1) is 22.8. The van der Waals surface area contributed by atoms with Gasteiger partial charge in [0.15, 0.2) is 0 Å². The third-order valence-electron chi connectivity index (χ3n) is 10.6. The molecular formula is C27H46O3. The van der Waals surface area contributed by atoms with Crippen molar-refractivity contribution in [2.75, 3.05) is 0 Å². The summed E-state index contributed by atoms with van der Waals surface area (Å²) in [5.41, 5.74) is -1.04. The maximum atomic E-state index is 11.6. The Labute approximate surface area is 184 Å². The zero-order chi connectivity index (χ0) is 21.9. The molecule has 0 aromatic heterocycles. The molecule has 4 aliphatic carbocycles. The molecule has 0 saturated heterocycles. The van der Waals surface area contributed by atoms with Crippen LogP contribution in [0.25, 0.3) is 0 Å². The van der Waals surface area contributed by atoms with Gasteiger partial charge in [0.1, 0.15) is 0 Å². The van der Waals surface area contributed by atoms with Crippen molar-refractivity contribution in [3.05, 3.63) is 12.2 Å². The molecule has 0 amide bonds. The lowest BCUT2D eigenvalue weighted by Crippen LogP contribution is -2.68. The van der Waals surface area contributed by atoms with Crippen LogP contribution in [-0.2, 0) is 0 Å². The Hall–Kier alpha value is -0.380. The summed E-state index contributed by atoms with van der Waals surface area (Å²) in [5.74, 6) is 3.70. The van der Waals surface area contributed by atoms with Crippen molar-refractivity contribution in [2.45, 2.75) is 110 Å². The minimum Gasteiger partial charge on any atom is -0.393 e. The molecule has 0 heterocycles. The summed E-state index contributed by atoms with van der Waals surface area (Å²) in [4.78, 5) is 0. The van der Waals surface area contributed by atoms with Gasteiger partial charge >= 0.3 is 0 Å². The average Bonchev–Trinajstić information content (AvgIpc) is 3.01. The summed E-state index contributed by atoms with van der Waals surface area (Å²) in [5, 5.41) is 33.0. The van der Waals surface area contributed by atoms with Gasteiger partial charge in [0, 0.05) is 11.8 Å². The fourth-order valence-electron chi connectivity index (χ4n) is 8.86. The highest BCUT2D eigenvalue weighted by atomic mass is 16.3. The first-order valence-electron chi connectivity index (χ1n) is 12.8. The summed E-state index contributed by atoms with van der Waals surface area (Å²) in [6.07, 6.45) is 12.5. The van der Waals surface area contributed by atoms with E-state index >= 15 is 0 Å². The number of allylic oxidation sites excluding steroid dienone is 2. The average molecular weight is 419 g/mol. The molecule has 0 aliphatic heterocycles. The second-order valence-corrected chi connectivity index (χ2v) is 12.5. The Morgan fingerprint density at radius 3 is 2.40 bits per heavy atom. The Morgan fingerprint density at radius 1 is 0.967 bits per heavy atom. The van der Waals surface area contributed by atoms with E-state index in [0.29, 0.717) is 47.8 Å². The summed E-state index contributed by atoms with van der Waals surface area (Å²) in [6, 6.07) is 0. The molecule has 0 spiro atoms. The van der Waals surface area contributed by atoms with Crippen molar-refractivity contribution in [3.63, 3.8) is 0 Å². The Morgan fingerprint density at radius 2 is 1.70 bits per heavy atom. The van der Waals surface area contributed by atoms with Gasteiger partial charge in [0.25, 0.3) is 0 Å².